The standard InChI is InChI=1S/C10H13NO2/c12-6-10(7-13-8-10)5-9-3-1-2-4-11-9/h1-4,12H,5-8H2. The lowest BCUT2D eigenvalue weighted by Crippen LogP contribution is -2.47. The minimum Gasteiger partial charge on any atom is -0.396 e. The van der Waals surface area contributed by atoms with Gasteiger partial charge in [0.1, 0.15) is 0 Å². The van der Waals surface area contributed by atoms with E-state index in [1.165, 1.54) is 0 Å². The highest BCUT2D eigenvalue weighted by atomic mass is 16.5. The number of pyridine rings is 1. The van der Waals surface area contributed by atoms with Crippen molar-refractivity contribution in [2.24, 2.45) is 5.41 Å². The molecule has 0 aromatic carbocycles. The van der Waals surface area contributed by atoms with E-state index in [-0.39, 0.29) is 12.0 Å². The van der Waals surface area contributed by atoms with E-state index < -0.39 is 0 Å². The van der Waals surface area contributed by atoms with Gasteiger partial charge in [0.25, 0.3) is 0 Å². The molecule has 1 aromatic rings. The van der Waals surface area contributed by atoms with Crippen molar-refractivity contribution in [2.75, 3.05) is 19.8 Å². The van der Waals surface area contributed by atoms with Crippen molar-refractivity contribution < 1.29 is 9.84 Å². The van der Waals surface area contributed by atoms with Crippen LogP contribution in [0.15, 0.2) is 24.4 Å². The fourth-order valence-corrected chi connectivity index (χ4v) is 1.53. The zero-order valence-corrected chi connectivity index (χ0v) is 7.44. The molecule has 1 N–H and O–H groups in total. The summed E-state index contributed by atoms with van der Waals surface area (Å²) in [5.41, 5.74) is 0.966. The van der Waals surface area contributed by atoms with Gasteiger partial charge in [-0.2, -0.15) is 0 Å². The smallest absolute Gasteiger partial charge is 0.0570 e. The van der Waals surface area contributed by atoms with Gasteiger partial charge >= 0.3 is 0 Å². The van der Waals surface area contributed by atoms with Crippen molar-refractivity contribution in [3.05, 3.63) is 30.1 Å². The third-order valence-corrected chi connectivity index (χ3v) is 2.43. The van der Waals surface area contributed by atoms with E-state index in [0.29, 0.717) is 13.2 Å². The second-order valence-corrected chi connectivity index (χ2v) is 3.65. The van der Waals surface area contributed by atoms with E-state index in [0.717, 1.165) is 12.1 Å². The maximum atomic E-state index is 9.19. The summed E-state index contributed by atoms with van der Waals surface area (Å²) in [7, 11) is 0. The first kappa shape index (κ1) is 8.66. The molecular weight excluding hydrogens is 166 g/mol. The Morgan fingerprint density at radius 1 is 1.46 bits per heavy atom. The highest BCUT2D eigenvalue weighted by Crippen LogP contribution is 2.30. The average molecular weight is 179 g/mol. The van der Waals surface area contributed by atoms with Crippen LogP contribution in [-0.2, 0) is 11.2 Å². The lowest BCUT2D eigenvalue weighted by molar-refractivity contribution is -0.136. The second kappa shape index (κ2) is 3.44. The molecule has 1 fully saturated rings. The van der Waals surface area contributed by atoms with Crippen molar-refractivity contribution >= 4 is 0 Å². The predicted octanol–water partition coefficient (Wildman–Crippen LogP) is 0.633. The van der Waals surface area contributed by atoms with Crippen LogP contribution in [0.5, 0.6) is 0 Å². The number of ether oxygens (including phenoxy) is 1. The molecule has 0 radical (unpaired) electrons. The van der Waals surface area contributed by atoms with Crippen LogP contribution in [0.2, 0.25) is 0 Å². The summed E-state index contributed by atoms with van der Waals surface area (Å²) >= 11 is 0. The fraction of sp³-hybridized carbons (Fsp3) is 0.500. The summed E-state index contributed by atoms with van der Waals surface area (Å²) < 4.78 is 5.11. The molecule has 0 aliphatic carbocycles. The maximum Gasteiger partial charge on any atom is 0.0570 e. The molecular formula is C10H13NO2. The molecule has 0 amide bonds. The monoisotopic (exact) mass is 179 g/mol. The van der Waals surface area contributed by atoms with Gasteiger partial charge < -0.3 is 9.84 Å². The number of aliphatic hydroxyl groups excluding tert-OH is 1. The van der Waals surface area contributed by atoms with E-state index in [4.69, 9.17) is 4.74 Å². The van der Waals surface area contributed by atoms with Crippen LogP contribution in [0.25, 0.3) is 0 Å². The minimum absolute atomic E-state index is 0.0612. The van der Waals surface area contributed by atoms with E-state index in [1.54, 1.807) is 6.20 Å². The molecule has 1 aromatic heterocycles. The molecule has 1 aliphatic rings. The molecule has 0 unspecified atom stereocenters. The van der Waals surface area contributed by atoms with Crippen LogP contribution in [-0.4, -0.2) is 29.9 Å². The molecule has 1 aliphatic heterocycles. The number of nitrogens with zero attached hydrogens (tertiary/aromatic N) is 1. The molecule has 2 rings (SSSR count). The fourth-order valence-electron chi connectivity index (χ4n) is 1.53. The quantitative estimate of drug-likeness (QED) is 0.740. The van der Waals surface area contributed by atoms with Crippen molar-refractivity contribution in [3.63, 3.8) is 0 Å². The van der Waals surface area contributed by atoms with E-state index in [1.807, 2.05) is 18.2 Å². The van der Waals surface area contributed by atoms with Crippen molar-refractivity contribution in [2.45, 2.75) is 6.42 Å². The molecule has 2 heterocycles. The topological polar surface area (TPSA) is 42.4 Å². The van der Waals surface area contributed by atoms with Gasteiger partial charge in [-0.15, -0.1) is 0 Å². The lowest BCUT2D eigenvalue weighted by Gasteiger charge is -2.39. The summed E-state index contributed by atoms with van der Waals surface area (Å²) in [5.74, 6) is 0. The van der Waals surface area contributed by atoms with Gasteiger partial charge in [-0.1, -0.05) is 6.07 Å². The second-order valence-electron chi connectivity index (χ2n) is 3.65. The Morgan fingerprint density at radius 2 is 2.31 bits per heavy atom. The number of rotatable bonds is 3. The molecule has 0 bridgehead atoms. The first-order chi connectivity index (χ1) is 6.35. The largest absolute Gasteiger partial charge is 0.396 e. The summed E-state index contributed by atoms with van der Waals surface area (Å²) in [6.07, 6.45) is 2.59. The molecule has 0 saturated carbocycles. The first-order valence-electron chi connectivity index (χ1n) is 4.43. The van der Waals surface area contributed by atoms with Crippen LogP contribution in [0, 0.1) is 5.41 Å². The third-order valence-electron chi connectivity index (χ3n) is 2.43. The van der Waals surface area contributed by atoms with Crippen LogP contribution in [0.1, 0.15) is 5.69 Å². The lowest BCUT2D eigenvalue weighted by atomic mass is 9.82. The average Bonchev–Trinajstić information content (AvgIpc) is 2.13. The number of hydrogen-bond acceptors (Lipinski definition) is 3. The van der Waals surface area contributed by atoms with Gasteiger partial charge in [0.15, 0.2) is 0 Å². The van der Waals surface area contributed by atoms with Crippen molar-refractivity contribution in [3.8, 4) is 0 Å². The highest BCUT2D eigenvalue weighted by molar-refractivity contribution is 5.08. The number of hydrogen-bond donors (Lipinski definition) is 1. The summed E-state index contributed by atoms with van der Waals surface area (Å²) in [6, 6.07) is 5.84. The van der Waals surface area contributed by atoms with Crippen molar-refractivity contribution in [1.29, 1.82) is 0 Å². The molecule has 0 spiro atoms. The van der Waals surface area contributed by atoms with Crippen LogP contribution in [0.3, 0.4) is 0 Å². The predicted molar refractivity (Wildman–Crippen MR) is 48.3 cm³/mol. The Hall–Kier alpha value is -0.930. The van der Waals surface area contributed by atoms with Crippen LogP contribution >= 0.6 is 0 Å². The zero-order valence-electron chi connectivity index (χ0n) is 7.44. The summed E-state index contributed by atoms with van der Waals surface area (Å²) in [5, 5.41) is 9.19. The van der Waals surface area contributed by atoms with Gasteiger partial charge in [-0.05, 0) is 12.1 Å². The Balaban J connectivity index is 2.05. The first-order valence-corrected chi connectivity index (χ1v) is 4.43. The Morgan fingerprint density at radius 3 is 2.77 bits per heavy atom. The molecule has 13 heavy (non-hydrogen) atoms. The van der Waals surface area contributed by atoms with Gasteiger partial charge in [-0.3, -0.25) is 4.98 Å². The van der Waals surface area contributed by atoms with E-state index >= 15 is 0 Å². The van der Waals surface area contributed by atoms with Crippen LogP contribution in [0.4, 0.5) is 0 Å². The molecule has 1 saturated heterocycles. The van der Waals surface area contributed by atoms with Gasteiger partial charge in [0.2, 0.25) is 0 Å². The maximum absolute atomic E-state index is 9.19. The normalized spacial score (nSPS) is 19.5. The minimum atomic E-state index is -0.0612. The third kappa shape index (κ3) is 1.71. The Bertz CT molecular complexity index is 264. The van der Waals surface area contributed by atoms with Gasteiger partial charge in [0.05, 0.1) is 19.8 Å². The molecule has 0 atom stereocenters. The van der Waals surface area contributed by atoms with Gasteiger partial charge in [0, 0.05) is 23.7 Å². The van der Waals surface area contributed by atoms with E-state index in [9.17, 15) is 5.11 Å². The zero-order chi connectivity index (χ0) is 9.15. The number of aromatic nitrogens is 1. The highest BCUT2D eigenvalue weighted by Gasteiger charge is 2.38. The Labute approximate surface area is 77.4 Å². The van der Waals surface area contributed by atoms with Crippen LogP contribution < -0.4 is 0 Å². The molecule has 3 heteroatoms. The van der Waals surface area contributed by atoms with E-state index in [2.05, 4.69) is 4.98 Å². The number of aliphatic hydroxyl groups is 1. The van der Waals surface area contributed by atoms with Crippen molar-refractivity contribution in [1.82, 2.24) is 4.98 Å². The molecule has 3 nitrogen and oxygen atoms in total. The Kier molecular flexibility index (Phi) is 2.29. The SMILES string of the molecule is OCC1(Cc2ccccn2)COC1. The molecule has 70 valence electrons. The summed E-state index contributed by atoms with van der Waals surface area (Å²) in [6.45, 7) is 1.49. The summed E-state index contributed by atoms with van der Waals surface area (Å²) in [4.78, 5) is 4.23. The van der Waals surface area contributed by atoms with Gasteiger partial charge in [-0.25, -0.2) is 0 Å².